The minimum Gasteiger partial charge on any atom is -0.324 e. The quantitative estimate of drug-likeness (QED) is 0.703. The van der Waals surface area contributed by atoms with E-state index in [2.05, 4.69) is 29.3 Å². The molecule has 2 nitrogen and oxygen atoms in total. The van der Waals surface area contributed by atoms with Crippen LogP contribution in [-0.4, -0.2) is 4.98 Å². The Hall–Kier alpha value is -1.67. The highest BCUT2D eigenvalue weighted by atomic mass is 14.7. The van der Waals surface area contributed by atoms with Gasteiger partial charge in [-0.3, -0.25) is 0 Å². The SMILES string of the molecule is NC1CC=Cc2nc3ccccc3cc21. The molecule has 1 heterocycles. The maximum atomic E-state index is 6.05. The minimum atomic E-state index is 0.0992. The van der Waals surface area contributed by atoms with Crippen molar-refractivity contribution in [2.24, 2.45) is 5.73 Å². The Morgan fingerprint density at radius 1 is 1.27 bits per heavy atom. The van der Waals surface area contributed by atoms with E-state index in [1.807, 2.05) is 18.2 Å². The lowest BCUT2D eigenvalue weighted by Crippen LogP contribution is -2.14. The minimum absolute atomic E-state index is 0.0992. The number of para-hydroxylation sites is 1. The number of nitrogens with two attached hydrogens (primary N) is 1. The van der Waals surface area contributed by atoms with Crippen molar-refractivity contribution in [3.05, 3.63) is 47.7 Å². The number of fused-ring (bicyclic) bond motifs is 2. The fourth-order valence-corrected chi connectivity index (χ4v) is 2.03. The van der Waals surface area contributed by atoms with Gasteiger partial charge in [0, 0.05) is 11.4 Å². The molecule has 0 saturated heterocycles. The zero-order valence-corrected chi connectivity index (χ0v) is 8.35. The third kappa shape index (κ3) is 1.34. The number of hydrogen-bond acceptors (Lipinski definition) is 2. The van der Waals surface area contributed by atoms with Gasteiger partial charge in [-0.2, -0.15) is 0 Å². The molecule has 3 rings (SSSR count). The van der Waals surface area contributed by atoms with Crippen LogP contribution in [0.4, 0.5) is 0 Å². The number of pyridine rings is 1. The summed E-state index contributed by atoms with van der Waals surface area (Å²) in [6.45, 7) is 0. The molecule has 2 heteroatoms. The maximum Gasteiger partial charge on any atom is 0.0709 e. The van der Waals surface area contributed by atoms with Crippen LogP contribution < -0.4 is 5.73 Å². The monoisotopic (exact) mass is 196 g/mol. The number of rotatable bonds is 0. The van der Waals surface area contributed by atoms with E-state index in [0.717, 1.165) is 23.2 Å². The molecule has 0 aliphatic heterocycles. The summed E-state index contributed by atoms with van der Waals surface area (Å²) in [6.07, 6.45) is 5.06. The van der Waals surface area contributed by atoms with E-state index < -0.39 is 0 Å². The summed E-state index contributed by atoms with van der Waals surface area (Å²) < 4.78 is 0. The van der Waals surface area contributed by atoms with Gasteiger partial charge < -0.3 is 5.73 Å². The van der Waals surface area contributed by atoms with Crippen LogP contribution in [0.25, 0.3) is 17.0 Å². The predicted molar refractivity (Wildman–Crippen MR) is 62.3 cm³/mol. The molecule has 0 fully saturated rings. The Morgan fingerprint density at radius 3 is 3.07 bits per heavy atom. The normalized spacial score (nSPS) is 19.1. The third-order valence-corrected chi connectivity index (χ3v) is 2.85. The van der Waals surface area contributed by atoms with Crippen LogP contribution in [0, 0.1) is 0 Å². The molecule has 1 aromatic carbocycles. The molecule has 0 saturated carbocycles. The van der Waals surface area contributed by atoms with Gasteiger partial charge in [-0.25, -0.2) is 4.98 Å². The van der Waals surface area contributed by atoms with Gasteiger partial charge in [0.25, 0.3) is 0 Å². The Kier molecular flexibility index (Phi) is 1.82. The molecule has 0 amide bonds. The molecule has 74 valence electrons. The number of benzene rings is 1. The second-order valence-corrected chi connectivity index (χ2v) is 3.90. The zero-order chi connectivity index (χ0) is 10.3. The van der Waals surface area contributed by atoms with Crippen molar-refractivity contribution in [2.75, 3.05) is 0 Å². The van der Waals surface area contributed by atoms with E-state index in [1.54, 1.807) is 0 Å². The van der Waals surface area contributed by atoms with Crippen LogP contribution in [0.2, 0.25) is 0 Å². The molecule has 0 spiro atoms. The standard InChI is InChI=1S/C13H12N2/c14-11-5-3-7-13-10(11)8-9-4-1-2-6-12(9)15-13/h1-4,6-8,11H,5,14H2. The lowest BCUT2D eigenvalue weighted by atomic mass is 9.96. The van der Waals surface area contributed by atoms with Gasteiger partial charge in [0.1, 0.15) is 0 Å². The van der Waals surface area contributed by atoms with Crippen molar-refractivity contribution in [2.45, 2.75) is 12.5 Å². The van der Waals surface area contributed by atoms with Crippen LogP contribution in [0.3, 0.4) is 0 Å². The molecule has 0 bridgehead atoms. The Balaban J connectivity index is 2.33. The van der Waals surface area contributed by atoms with Gasteiger partial charge in [0.05, 0.1) is 11.2 Å². The van der Waals surface area contributed by atoms with Crippen LogP contribution in [0.5, 0.6) is 0 Å². The summed E-state index contributed by atoms with van der Waals surface area (Å²) in [5, 5.41) is 1.17. The molecule has 15 heavy (non-hydrogen) atoms. The molecule has 1 aliphatic rings. The summed E-state index contributed by atoms with van der Waals surface area (Å²) in [6, 6.07) is 10.4. The van der Waals surface area contributed by atoms with E-state index in [-0.39, 0.29) is 6.04 Å². The summed E-state index contributed by atoms with van der Waals surface area (Å²) in [4.78, 5) is 4.60. The maximum absolute atomic E-state index is 6.05. The topological polar surface area (TPSA) is 38.9 Å². The average Bonchev–Trinajstić information content (AvgIpc) is 2.27. The summed E-state index contributed by atoms with van der Waals surface area (Å²) in [5.41, 5.74) is 9.27. The molecule has 1 aromatic heterocycles. The van der Waals surface area contributed by atoms with Crippen LogP contribution in [0.1, 0.15) is 23.7 Å². The van der Waals surface area contributed by atoms with Crippen LogP contribution in [-0.2, 0) is 0 Å². The van der Waals surface area contributed by atoms with Crippen molar-refractivity contribution in [1.82, 2.24) is 4.98 Å². The highest BCUT2D eigenvalue weighted by Gasteiger charge is 2.14. The second kappa shape index (κ2) is 3.17. The van der Waals surface area contributed by atoms with Gasteiger partial charge in [-0.1, -0.05) is 24.3 Å². The molecule has 1 aliphatic carbocycles. The van der Waals surface area contributed by atoms with Crippen molar-refractivity contribution in [3.8, 4) is 0 Å². The van der Waals surface area contributed by atoms with E-state index in [4.69, 9.17) is 5.73 Å². The molecule has 2 N–H and O–H groups in total. The number of nitrogens with zero attached hydrogens (tertiary/aromatic N) is 1. The molecule has 1 atom stereocenters. The van der Waals surface area contributed by atoms with E-state index in [9.17, 15) is 0 Å². The van der Waals surface area contributed by atoms with Crippen molar-refractivity contribution in [1.29, 1.82) is 0 Å². The van der Waals surface area contributed by atoms with Gasteiger partial charge >= 0.3 is 0 Å². The first-order valence-corrected chi connectivity index (χ1v) is 5.16. The lowest BCUT2D eigenvalue weighted by Gasteiger charge is -2.17. The lowest BCUT2D eigenvalue weighted by molar-refractivity contribution is 0.729. The van der Waals surface area contributed by atoms with Crippen molar-refractivity contribution >= 4 is 17.0 Å². The van der Waals surface area contributed by atoms with Gasteiger partial charge in [0.2, 0.25) is 0 Å². The first-order valence-electron chi connectivity index (χ1n) is 5.16. The third-order valence-electron chi connectivity index (χ3n) is 2.85. The largest absolute Gasteiger partial charge is 0.324 e. The van der Waals surface area contributed by atoms with Gasteiger partial charge in [0.15, 0.2) is 0 Å². The second-order valence-electron chi connectivity index (χ2n) is 3.90. The van der Waals surface area contributed by atoms with Crippen LogP contribution in [0.15, 0.2) is 36.4 Å². The summed E-state index contributed by atoms with van der Waals surface area (Å²) in [5.74, 6) is 0. The van der Waals surface area contributed by atoms with Gasteiger partial charge in [-0.05, 0) is 30.2 Å². The molecular formula is C13H12N2. The van der Waals surface area contributed by atoms with E-state index >= 15 is 0 Å². The van der Waals surface area contributed by atoms with Crippen molar-refractivity contribution in [3.63, 3.8) is 0 Å². The highest BCUT2D eigenvalue weighted by Crippen LogP contribution is 2.27. The van der Waals surface area contributed by atoms with E-state index in [1.165, 1.54) is 5.39 Å². The first kappa shape index (κ1) is 8.62. The van der Waals surface area contributed by atoms with Crippen LogP contribution >= 0.6 is 0 Å². The number of aromatic nitrogens is 1. The van der Waals surface area contributed by atoms with Gasteiger partial charge in [-0.15, -0.1) is 0 Å². The Bertz CT molecular complexity index is 543. The fourth-order valence-electron chi connectivity index (χ4n) is 2.03. The van der Waals surface area contributed by atoms with E-state index in [0.29, 0.717) is 0 Å². The molecule has 0 radical (unpaired) electrons. The highest BCUT2D eigenvalue weighted by molar-refractivity contribution is 5.81. The number of hydrogen-bond donors (Lipinski definition) is 1. The first-order chi connectivity index (χ1) is 7.34. The molecule has 1 unspecified atom stereocenters. The summed E-state index contributed by atoms with van der Waals surface area (Å²) in [7, 11) is 0. The molecule has 2 aromatic rings. The smallest absolute Gasteiger partial charge is 0.0709 e. The average molecular weight is 196 g/mol. The summed E-state index contributed by atoms with van der Waals surface area (Å²) >= 11 is 0. The fraction of sp³-hybridized carbons (Fsp3) is 0.154. The molecular weight excluding hydrogens is 184 g/mol. The predicted octanol–water partition coefficient (Wildman–Crippen LogP) is 2.65. The Labute approximate surface area is 88.4 Å². The zero-order valence-electron chi connectivity index (χ0n) is 8.35. The van der Waals surface area contributed by atoms with Crippen molar-refractivity contribution < 1.29 is 0 Å². The Morgan fingerprint density at radius 2 is 2.13 bits per heavy atom.